The zero-order chi connectivity index (χ0) is 15.2. The Morgan fingerprint density at radius 3 is 2.86 bits per heavy atom. The molecule has 6 heteroatoms. The number of benzene rings is 1. The first-order valence-electron chi connectivity index (χ1n) is 6.95. The number of amides is 1. The maximum absolute atomic E-state index is 11.6. The molecule has 1 aliphatic rings. The van der Waals surface area contributed by atoms with E-state index in [4.69, 9.17) is 10.8 Å². The maximum Gasteiger partial charge on any atom is 0.320 e. The lowest BCUT2D eigenvalue weighted by molar-refractivity contribution is -0.138. The number of aliphatic imine (C=N–C) groups is 1. The van der Waals surface area contributed by atoms with Crippen LogP contribution in [0.2, 0.25) is 0 Å². The highest BCUT2D eigenvalue weighted by Gasteiger charge is 2.15. The van der Waals surface area contributed by atoms with Crippen molar-refractivity contribution in [3.63, 3.8) is 0 Å². The second-order valence-electron chi connectivity index (χ2n) is 5.07. The quantitative estimate of drug-likeness (QED) is 0.696. The maximum atomic E-state index is 11.6. The number of hydrogen-bond donors (Lipinski definition) is 3. The molecule has 21 heavy (non-hydrogen) atoms. The molecule has 0 aliphatic carbocycles. The van der Waals surface area contributed by atoms with Gasteiger partial charge in [0.2, 0.25) is 5.91 Å². The predicted molar refractivity (Wildman–Crippen MR) is 79.7 cm³/mol. The number of nitrogens with zero attached hydrogens (tertiary/aromatic N) is 1. The summed E-state index contributed by atoms with van der Waals surface area (Å²) >= 11 is 0. The molecule has 6 nitrogen and oxygen atoms in total. The van der Waals surface area contributed by atoms with E-state index in [0.717, 1.165) is 17.8 Å². The van der Waals surface area contributed by atoms with Gasteiger partial charge in [0.15, 0.2) is 0 Å². The number of fused-ring (bicyclic) bond motifs is 1. The van der Waals surface area contributed by atoms with Crippen LogP contribution < -0.4 is 11.1 Å². The molecule has 1 aromatic rings. The van der Waals surface area contributed by atoms with Crippen LogP contribution in [0.3, 0.4) is 0 Å². The van der Waals surface area contributed by atoms with E-state index in [-0.39, 0.29) is 18.7 Å². The number of carbonyl (C=O) groups excluding carboxylic acids is 1. The fourth-order valence-corrected chi connectivity index (χ4v) is 2.19. The van der Waals surface area contributed by atoms with E-state index >= 15 is 0 Å². The summed E-state index contributed by atoms with van der Waals surface area (Å²) in [4.78, 5) is 26.6. The second kappa shape index (κ2) is 6.99. The number of para-hydroxylation sites is 1. The Hall–Kier alpha value is -2.21. The number of carbonyl (C=O) groups is 2. The summed E-state index contributed by atoms with van der Waals surface area (Å²) in [5, 5.41) is 11.4. The molecule has 2 rings (SSSR count). The van der Waals surface area contributed by atoms with Gasteiger partial charge in [0.05, 0.1) is 5.69 Å². The molecule has 0 bridgehead atoms. The Labute approximate surface area is 123 Å². The Morgan fingerprint density at radius 2 is 2.14 bits per heavy atom. The van der Waals surface area contributed by atoms with Crippen molar-refractivity contribution in [1.29, 1.82) is 0 Å². The van der Waals surface area contributed by atoms with Crippen molar-refractivity contribution >= 4 is 23.3 Å². The molecule has 4 N–H and O–H groups in total. The summed E-state index contributed by atoms with van der Waals surface area (Å²) in [5.41, 5.74) is 8.62. The van der Waals surface area contributed by atoms with Crippen molar-refractivity contribution in [1.82, 2.24) is 5.32 Å². The van der Waals surface area contributed by atoms with Gasteiger partial charge in [0.1, 0.15) is 6.04 Å². The third kappa shape index (κ3) is 4.39. The van der Waals surface area contributed by atoms with Gasteiger partial charge in [-0.3, -0.25) is 14.6 Å². The summed E-state index contributed by atoms with van der Waals surface area (Å²) in [5.74, 6) is -1.26. The topological polar surface area (TPSA) is 105 Å². The van der Waals surface area contributed by atoms with Gasteiger partial charge in [-0.25, -0.2) is 0 Å². The molecule has 0 saturated heterocycles. The largest absolute Gasteiger partial charge is 0.480 e. The molecule has 1 unspecified atom stereocenters. The number of hydrogen-bond acceptors (Lipinski definition) is 4. The lowest BCUT2D eigenvalue weighted by Gasteiger charge is -2.07. The van der Waals surface area contributed by atoms with Crippen molar-refractivity contribution in [2.45, 2.75) is 31.7 Å². The molecule has 1 heterocycles. The monoisotopic (exact) mass is 289 g/mol. The van der Waals surface area contributed by atoms with Crippen LogP contribution in [0.5, 0.6) is 0 Å². The lowest BCUT2D eigenvalue weighted by atomic mass is 10.1. The Morgan fingerprint density at radius 1 is 1.38 bits per heavy atom. The average Bonchev–Trinajstić information content (AvgIpc) is 2.87. The van der Waals surface area contributed by atoms with Gasteiger partial charge in [-0.1, -0.05) is 18.2 Å². The number of nitrogens with one attached hydrogen (secondary N) is 1. The van der Waals surface area contributed by atoms with E-state index in [1.165, 1.54) is 5.56 Å². The van der Waals surface area contributed by atoms with Gasteiger partial charge >= 0.3 is 5.97 Å². The van der Waals surface area contributed by atoms with Gasteiger partial charge in [-0.05, 0) is 18.1 Å². The first-order chi connectivity index (χ1) is 10.1. The number of nitrogens with two attached hydrogens (primary N) is 1. The van der Waals surface area contributed by atoms with Gasteiger partial charge in [-0.15, -0.1) is 0 Å². The van der Waals surface area contributed by atoms with Crippen LogP contribution in [-0.2, 0) is 16.0 Å². The minimum atomic E-state index is -1.08. The van der Waals surface area contributed by atoms with Crippen molar-refractivity contribution < 1.29 is 14.7 Å². The van der Waals surface area contributed by atoms with Gasteiger partial charge < -0.3 is 16.2 Å². The molecule has 0 spiro atoms. The summed E-state index contributed by atoms with van der Waals surface area (Å²) < 4.78 is 0. The smallest absolute Gasteiger partial charge is 0.320 e. The minimum Gasteiger partial charge on any atom is -0.480 e. The van der Waals surface area contributed by atoms with E-state index in [9.17, 15) is 9.59 Å². The molecule has 1 aromatic carbocycles. The van der Waals surface area contributed by atoms with Crippen molar-refractivity contribution in [3.8, 4) is 0 Å². The van der Waals surface area contributed by atoms with Crippen molar-refractivity contribution in [2.75, 3.05) is 6.54 Å². The molecular formula is C15H19N3O3. The van der Waals surface area contributed by atoms with E-state index in [1.807, 2.05) is 18.2 Å². The van der Waals surface area contributed by atoms with Crippen molar-refractivity contribution in [3.05, 3.63) is 29.8 Å². The van der Waals surface area contributed by atoms with Crippen LogP contribution in [0.15, 0.2) is 29.3 Å². The van der Waals surface area contributed by atoms with E-state index in [1.54, 1.807) is 0 Å². The highest BCUT2D eigenvalue weighted by molar-refractivity contribution is 5.94. The van der Waals surface area contributed by atoms with Crippen LogP contribution in [-0.4, -0.2) is 35.3 Å². The van der Waals surface area contributed by atoms with E-state index < -0.39 is 12.0 Å². The summed E-state index contributed by atoms with van der Waals surface area (Å²) in [7, 11) is 0. The van der Waals surface area contributed by atoms with Gasteiger partial charge in [0, 0.05) is 31.5 Å². The highest BCUT2D eigenvalue weighted by atomic mass is 16.4. The first kappa shape index (κ1) is 15.2. The second-order valence-corrected chi connectivity index (χ2v) is 5.07. The highest BCUT2D eigenvalue weighted by Crippen LogP contribution is 2.26. The molecule has 0 radical (unpaired) electrons. The Bertz CT molecular complexity index is 569. The lowest BCUT2D eigenvalue weighted by Crippen LogP contribution is -2.33. The summed E-state index contributed by atoms with van der Waals surface area (Å²) in [6.07, 6.45) is 1.80. The Kier molecular flexibility index (Phi) is 5.05. The molecule has 1 atom stereocenters. The van der Waals surface area contributed by atoms with Crippen molar-refractivity contribution in [2.24, 2.45) is 10.7 Å². The molecular weight excluding hydrogens is 270 g/mol. The molecule has 112 valence electrons. The summed E-state index contributed by atoms with van der Waals surface area (Å²) in [6, 6.07) is 7.00. The third-order valence-corrected chi connectivity index (χ3v) is 3.40. The third-order valence-electron chi connectivity index (χ3n) is 3.40. The molecule has 1 amide bonds. The standard InChI is InChI=1S/C15H19N3O3/c16-12(15(20)21)5-6-14(19)17-8-7-11-9-10-3-1-2-4-13(10)18-11/h1-4,12H,5-9,16H2,(H,17,19)(H,20,21). The predicted octanol–water partition coefficient (Wildman–Crippen LogP) is 1.01. The SMILES string of the molecule is NC(CCC(=O)NCCC1=Nc2ccccc2C1)C(=O)O. The van der Waals surface area contributed by atoms with E-state index in [2.05, 4.69) is 16.4 Å². The van der Waals surface area contributed by atoms with Crippen LogP contribution in [0.1, 0.15) is 24.8 Å². The molecule has 0 fully saturated rings. The van der Waals surface area contributed by atoms with E-state index in [0.29, 0.717) is 13.0 Å². The molecule has 0 aromatic heterocycles. The number of aliphatic carboxylic acids is 1. The summed E-state index contributed by atoms with van der Waals surface area (Å²) in [6.45, 7) is 0.508. The zero-order valence-electron chi connectivity index (χ0n) is 11.7. The average molecular weight is 289 g/mol. The number of carboxylic acid groups (broad SMARTS) is 1. The van der Waals surface area contributed by atoms with Crippen LogP contribution >= 0.6 is 0 Å². The minimum absolute atomic E-state index is 0.125. The normalized spacial score (nSPS) is 14.2. The van der Waals surface area contributed by atoms with Gasteiger partial charge in [0.25, 0.3) is 0 Å². The molecule has 0 saturated carbocycles. The van der Waals surface area contributed by atoms with Crippen LogP contribution in [0.25, 0.3) is 0 Å². The molecule has 1 aliphatic heterocycles. The first-order valence-corrected chi connectivity index (χ1v) is 6.95. The zero-order valence-corrected chi connectivity index (χ0v) is 11.7. The number of rotatable bonds is 7. The van der Waals surface area contributed by atoms with Crippen LogP contribution in [0, 0.1) is 0 Å². The van der Waals surface area contributed by atoms with Gasteiger partial charge in [-0.2, -0.15) is 0 Å². The van der Waals surface area contributed by atoms with Crippen LogP contribution in [0.4, 0.5) is 5.69 Å². The fourth-order valence-electron chi connectivity index (χ4n) is 2.19. The Balaban J connectivity index is 1.67. The fraction of sp³-hybridized carbons (Fsp3) is 0.400. The number of carboxylic acids is 1.